The van der Waals surface area contributed by atoms with E-state index in [1.165, 1.54) is 17.4 Å². The van der Waals surface area contributed by atoms with Crippen molar-refractivity contribution in [2.75, 3.05) is 6.61 Å². The van der Waals surface area contributed by atoms with Crippen molar-refractivity contribution in [1.29, 1.82) is 0 Å². The Morgan fingerprint density at radius 2 is 2.00 bits per heavy atom. The molecular formula is C22H19FN4O3S. The molecule has 1 aliphatic carbocycles. The van der Waals surface area contributed by atoms with Gasteiger partial charge in [-0.3, -0.25) is 4.79 Å². The number of aliphatic hydroxyl groups is 1. The van der Waals surface area contributed by atoms with E-state index >= 15 is 0 Å². The second-order valence-electron chi connectivity index (χ2n) is 7.70. The number of thiazole rings is 1. The Balaban J connectivity index is 1.29. The number of carbonyl (C=O) groups excluding carboxylic acids is 1. The molecule has 31 heavy (non-hydrogen) atoms. The molecular weight excluding hydrogens is 419 g/mol. The van der Waals surface area contributed by atoms with E-state index in [0.29, 0.717) is 17.9 Å². The van der Waals surface area contributed by atoms with E-state index in [2.05, 4.69) is 20.5 Å². The molecule has 2 aromatic carbocycles. The number of nitrogens with zero attached hydrogens (tertiary/aromatic N) is 3. The molecule has 2 heterocycles. The van der Waals surface area contributed by atoms with Gasteiger partial charge in [-0.2, -0.15) is 0 Å². The van der Waals surface area contributed by atoms with Crippen molar-refractivity contribution in [1.82, 2.24) is 20.5 Å². The van der Waals surface area contributed by atoms with Crippen LogP contribution in [0.4, 0.5) is 4.39 Å². The van der Waals surface area contributed by atoms with E-state index in [-0.39, 0.29) is 30.6 Å². The number of fused-ring (bicyclic) bond motifs is 1. The largest absolute Gasteiger partial charge is 0.424 e. The van der Waals surface area contributed by atoms with Gasteiger partial charge in [0, 0.05) is 5.56 Å². The van der Waals surface area contributed by atoms with E-state index in [1.54, 1.807) is 12.1 Å². The third-order valence-corrected chi connectivity index (χ3v) is 6.32. The molecule has 1 amide bonds. The van der Waals surface area contributed by atoms with Crippen molar-refractivity contribution < 1.29 is 18.7 Å². The van der Waals surface area contributed by atoms with Gasteiger partial charge in [-0.05, 0) is 36.6 Å². The fraction of sp³-hybridized carbons (Fsp3) is 0.273. The lowest BCUT2D eigenvalue weighted by Crippen LogP contribution is -2.40. The number of nitrogens with one attached hydrogen (secondary N) is 1. The Hall–Kier alpha value is -3.17. The molecule has 2 aromatic heterocycles. The predicted octanol–water partition coefficient (Wildman–Crippen LogP) is 3.26. The average molecular weight is 438 g/mol. The predicted molar refractivity (Wildman–Crippen MR) is 113 cm³/mol. The minimum absolute atomic E-state index is 0.0272. The molecule has 0 atom stereocenters. The molecule has 0 unspecified atom stereocenters. The first-order valence-corrected chi connectivity index (χ1v) is 10.7. The minimum atomic E-state index is -0.470. The Morgan fingerprint density at radius 3 is 2.77 bits per heavy atom. The van der Waals surface area contributed by atoms with Gasteiger partial charge in [0.05, 0.1) is 28.8 Å². The Bertz CT molecular complexity index is 1260. The quantitative estimate of drug-likeness (QED) is 0.459. The number of benzene rings is 2. The highest BCUT2D eigenvalue weighted by molar-refractivity contribution is 7.18. The van der Waals surface area contributed by atoms with Crippen LogP contribution in [0.5, 0.6) is 0 Å². The summed E-state index contributed by atoms with van der Waals surface area (Å²) in [5.74, 6) is 0.0895. The van der Waals surface area contributed by atoms with Crippen LogP contribution in [0.2, 0.25) is 0 Å². The zero-order chi connectivity index (χ0) is 21.4. The molecule has 0 aliphatic heterocycles. The summed E-state index contributed by atoms with van der Waals surface area (Å²) >= 11 is 1.48. The number of aromatic nitrogens is 3. The van der Waals surface area contributed by atoms with E-state index in [0.717, 1.165) is 33.6 Å². The van der Waals surface area contributed by atoms with Crippen molar-refractivity contribution in [3.05, 3.63) is 65.1 Å². The van der Waals surface area contributed by atoms with Crippen LogP contribution >= 0.6 is 11.3 Å². The standard InChI is InChI=1S/C22H19FN4O3S/c23-15-4-2-1-3-14(15)13-5-6-16-17(9-13)31-21(24-16)11-20-27-26-19(30-20)10-18(29)25-22(12-28)7-8-22/h1-6,9,28H,7-8,10-12H2,(H,25,29). The molecule has 2 N–H and O–H groups in total. The van der Waals surface area contributed by atoms with Gasteiger partial charge < -0.3 is 14.8 Å². The van der Waals surface area contributed by atoms with Crippen LogP contribution < -0.4 is 5.32 Å². The van der Waals surface area contributed by atoms with Crippen molar-refractivity contribution >= 4 is 27.5 Å². The second kappa shape index (κ2) is 7.82. The van der Waals surface area contributed by atoms with Crippen molar-refractivity contribution in [2.45, 2.75) is 31.2 Å². The SMILES string of the molecule is O=C(Cc1nnc(Cc2nc3ccc(-c4ccccc4F)cc3s2)o1)NC1(CO)CC1. The monoisotopic (exact) mass is 438 g/mol. The summed E-state index contributed by atoms with van der Waals surface area (Å²) in [6.07, 6.45) is 1.88. The van der Waals surface area contributed by atoms with Crippen LogP contribution in [0.3, 0.4) is 0 Å². The maximum Gasteiger partial charge on any atom is 0.229 e. The zero-order valence-corrected chi connectivity index (χ0v) is 17.3. The highest BCUT2D eigenvalue weighted by Crippen LogP contribution is 2.34. The smallest absolute Gasteiger partial charge is 0.229 e. The molecule has 1 fully saturated rings. The molecule has 0 radical (unpaired) electrons. The topological polar surface area (TPSA) is 101 Å². The van der Waals surface area contributed by atoms with E-state index in [4.69, 9.17) is 4.42 Å². The van der Waals surface area contributed by atoms with Crippen LogP contribution in [0.25, 0.3) is 21.3 Å². The van der Waals surface area contributed by atoms with Gasteiger partial charge >= 0.3 is 0 Å². The first kappa shape index (κ1) is 19.8. The fourth-order valence-corrected chi connectivity index (χ4v) is 4.42. The highest BCUT2D eigenvalue weighted by Gasteiger charge is 2.43. The van der Waals surface area contributed by atoms with Crippen molar-refractivity contribution in [3.8, 4) is 11.1 Å². The van der Waals surface area contributed by atoms with Crippen LogP contribution in [0.1, 0.15) is 29.6 Å². The van der Waals surface area contributed by atoms with Crippen molar-refractivity contribution in [3.63, 3.8) is 0 Å². The Morgan fingerprint density at radius 1 is 1.19 bits per heavy atom. The average Bonchev–Trinajstić information content (AvgIpc) is 3.20. The maximum absolute atomic E-state index is 14.1. The van der Waals surface area contributed by atoms with Gasteiger partial charge in [0.2, 0.25) is 17.7 Å². The van der Waals surface area contributed by atoms with Gasteiger partial charge in [0.25, 0.3) is 0 Å². The number of hydrogen-bond acceptors (Lipinski definition) is 7. The van der Waals surface area contributed by atoms with Crippen molar-refractivity contribution in [2.24, 2.45) is 0 Å². The molecule has 1 saturated carbocycles. The lowest BCUT2D eigenvalue weighted by molar-refractivity contribution is -0.122. The summed E-state index contributed by atoms with van der Waals surface area (Å²) in [4.78, 5) is 16.7. The van der Waals surface area contributed by atoms with Crippen LogP contribution in [-0.4, -0.2) is 38.3 Å². The van der Waals surface area contributed by atoms with Gasteiger partial charge in [0.15, 0.2) is 0 Å². The van der Waals surface area contributed by atoms with Crippen LogP contribution in [-0.2, 0) is 17.6 Å². The first-order valence-electron chi connectivity index (χ1n) is 9.91. The Labute approximate surface area is 181 Å². The molecule has 4 aromatic rings. The fourth-order valence-electron chi connectivity index (χ4n) is 3.42. The van der Waals surface area contributed by atoms with E-state index in [9.17, 15) is 14.3 Å². The first-order chi connectivity index (χ1) is 15.0. The number of hydrogen-bond donors (Lipinski definition) is 2. The van der Waals surface area contributed by atoms with Crippen LogP contribution in [0.15, 0.2) is 46.9 Å². The molecule has 1 aliphatic rings. The van der Waals surface area contributed by atoms with Gasteiger partial charge in [-0.1, -0.05) is 24.3 Å². The summed E-state index contributed by atoms with van der Waals surface area (Å²) in [5.41, 5.74) is 1.69. The number of rotatable bonds is 7. The molecule has 0 bridgehead atoms. The normalized spacial score (nSPS) is 14.6. The van der Waals surface area contributed by atoms with E-state index in [1.807, 2.05) is 24.3 Å². The number of amides is 1. The highest BCUT2D eigenvalue weighted by atomic mass is 32.1. The third kappa shape index (κ3) is 4.19. The third-order valence-electron chi connectivity index (χ3n) is 5.30. The second-order valence-corrected chi connectivity index (χ2v) is 8.81. The summed E-state index contributed by atoms with van der Waals surface area (Å²) < 4.78 is 20.6. The summed E-state index contributed by atoms with van der Waals surface area (Å²) in [6, 6.07) is 12.3. The maximum atomic E-state index is 14.1. The Kier molecular flexibility index (Phi) is 4.99. The number of carbonyl (C=O) groups is 1. The number of aliphatic hydroxyl groups excluding tert-OH is 1. The lowest BCUT2D eigenvalue weighted by Gasteiger charge is -2.12. The summed E-state index contributed by atoms with van der Waals surface area (Å²) in [5, 5.41) is 20.9. The molecule has 158 valence electrons. The molecule has 0 spiro atoms. The summed E-state index contributed by atoms with van der Waals surface area (Å²) in [6.45, 7) is -0.0654. The molecule has 0 saturated heterocycles. The van der Waals surface area contributed by atoms with E-state index < -0.39 is 5.54 Å². The summed E-state index contributed by atoms with van der Waals surface area (Å²) in [7, 11) is 0. The minimum Gasteiger partial charge on any atom is -0.424 e. The van der Waals surface area contributed by atoms with Gasteiger partial charge in [0.1, 0.15) is 17.2 Å². The molecule has 9 heteroatoms. The zero-order valence-electron chi connectivity index (χ0n) is 16.5. The van der Waals surface area contributed by atoms with Crippen LogP contribution in [0, 0.1) is 5.82 Å². The molecule has 5 rings (SSSR count). The van der Waals surface area contributed by atoms with Gasteiger partial charge in [-0.25, -0.2) is 9.37 Å². The number of halogens is 1. The molecule has 7 nitrogen and oxygen atoms in total. The van der Waals surface area contributed by atoms with Gasteiger partial charge in [-0.15, -0.1) is 21.5 Å². The lowest BCUT2D eigenvalue weighted by atomic mass is 10.1.